The molecule has 0 aromatic heterocycles. The number of nitrogens with one attached hydrogen (secondary N) is 1. The molecular formula is C13H15F2NO. The molecule has 0 saturated heterocycles. The summed E-state index contributed by atoms with van der Waals surface area (Å²) in [4.78, 5) is 0. The van der Waals surface area contributed by atoms with Crippen LogP contribution < -0.4 is 5.32 Å². The zero-order valence-electron chi connectivity index (χ0n) is 9.67. The molecule has 2 nitrogen and oxygen atoms in total. The molecule has 0 radical (unpaired) electrons. The number of ether oxygens (including phenoxy) is 1. The Balaban J connectivity index is 2.31. The molecule has 1 aromatic rings. The van der Waals surface area contributed by atoms with Gasteiger partial charge in [-0.1, -0.05) is 0 Å². The first-order valence-electron chi connectivity index (χ1n) is 5.67. The Morgan fingerprint density at radius 1 is 1.24 bits per heavy atom. The van der Waals surface area contributed by atoms with Crippen molar-refractivity contribution in [2.24, 2.45) is 0 Å². The van der Waals surface area contributed by atoms with Gasteiger partial charge in [-0.25, -0.2) is 8.78 Å². The SMILES string of the molecule is CNC(C1=CCCCO1)c1cc(F)cc(F)c1. The topological polar surface area (TPSA) is 21.3 Å². The van der Waals surface area contributed by atoms with E-state index >= 15 is 0 Å². The first kappa shape index (κ1) is 12.0. The third-order valence-electron chi connectivity index (χ3n) is 2.75. The van der Waals surface area contributed by atoms with Gasteiger partial charge in [0.05, 0.1) is 12.6 Å². The average molecular weight is 239 g/mol. The van der Waals surface area contributed by atoms with Crippen molar-refractivity contribution in [1.82, 2.24) is 5.32 Å². The van der Waals surface area contributed by atoms with Crippen LogP contribution in [0.15, 0.2) is 30.0 Å². The standard InChI is InChI=1S/C13H15F2NO/c1-16-13(12-4-2-3-5-17-12)9-6-10(14)8-11(15)7-9/h4,6-8,13,16H,2-3,5H2,1H3. The van der Waals surface area contributed by atoms with Crippen molar-refractivity contribution in [2.75, 3.05) is 13.7 Å². The lowest BCUT2D eigenvalue weighted by atomic mass is 10.0. The van der Waals surface area contributed by atoms with Gasteiger partial charge in [0.1, 0.15) is 17.4 Å². The summed E-state index contributed by atoms with van der Waals surface area (Å²) in [5.74, 6) is -0.405. The van der Waals surface area contributed by atoms with Gasteiger partial charge in [-0.2, -0.15) is 0 Å². The van der Waals surface area contributed by atoms with Crippen LogP contribution in [0.4, 0.5) is 8.78 Å². The number of hydrogen-bond donors (Lipinski definition) is 1. The number of likely N-dealkylation sites (N-methyl/N-ethyl adjacent to an activating group) is 1. The highest BCUT2D eigenvalue weighted by atomic mass is 19.1. The van der Waals surface area contributed by atoms with E-state index in [4.69, 9.17) is 4.74 Å². The summed E-state index contributed by atoms with van der Waals surface area (Å²) in [6, 6.07) is 3.22. The van der Waals surface area contributed by atoms with Crippen molar-refractivity contribution >= 4 is 0 Å². The van der Waals surface area contributed by atoms with Gasteiger partial charge in [-0.15, -0.1) is 0 Å². The van der Waals surface area contributed by atoms with E-state index in [1.54, 1.807) is 7.05 Å². The van der Waals surface area contributed by atoms with Crippen molar-refractivity contribution in [3.05, 3.63) is 47.2 Å². The molecule has 0 fully saturated rings. The Bertz CT molecular complexity index is 411. The molecule has 0 amide bonds. The second-order valence-corrected chi connectivity index (χ2v) is 4.02. The van der Waals surface area contributed by atoms with E-state index in [0.717, 1.165) is 24.7 Å². The fourth-order valence-corrected chi connectivity index (χ4v) is 1.99. The Labute approximate surface area is 99.3 Å². The molecule has 1 aliphatic heterocycles. The van der Waals surface area contributed by atoms with E-state index < -0.39 is 11.6 Å². The molecule has 1 unspecified atom stereocenters. The van der Waals surface area contributed by atoms with Gasteiger partial charge < -0.3 is 10.1 Å². The minimum absolute atomic E-state index is 0.291. The average Bonchev–Trinajstić information content (AvgIpc) is 2.30. The van der Waals surface area contributed by atoms with Gasteiger partial charge in [0.2, 0.25) is 0 Å². The van der Waals surface area contributed by atoms with Crippen LogP contribution in [0, 0.1) is 11.6 Å². The summed E-state index contributed by atoms with van der Waals surface area (Å²) in [5, 5.41) is 3.02. The molecule has 0 aliphatic carbocycles. The normalized spacial score (nSPS) is 17.2. The number of benzene rings is 1. The molecule has 17 heavy (non-hydrogen) atoms. The second kappa shape index (κ2) is 5.27. The lowest BCUT2D eigenvalue weighted by molar-refractivity contribution is 0.169. The monoisotopic (exact) mass is 239 g/mol. The summed E-state index contributed by atoms with van der Waals surface area (Å²) in [6.45, 7) is 0.655. The Hall–Kier alpha value is -1.42. The molecule has 1 atom stereocenters. The number of allylic oxidation sites excluding steroid dienone is 1. The van der Waals surface area contributed by atoms with Crippen molar-refractivity contribution in [3.63, 3.8) is 0 Å². The van der Waals surface area contributed by atoms with Crippen LogP contribution in [0.5, 0.6) is 0 Å². The molecule has 1 N–H and O–H groups in total. The van der Waals surface area contributed by atoms with Crippen LogP contribution >= 0.6 is 0 Å². The van der Waals surface area contributed by atoms with Gasteiger partial charge in [-0.3, -0.25) is 0 Å². The molecule has 0 bridgehead atoms. The molecule has 0 spiro atoms. The summed E-state index contributed by atoms with van der Waals surface area (Å²) in [7, 11) is 1.74. The Kier molecular flexibility index (Phi) is 3.74. The van der Waals surface area contributed by atoms with Crippen LogP contribution in [0.3, 0.4) is 0 Å². The minimum Gasteiger partial charge on any atom is -0.496 e. The molecule has 2 rings (SSSR count). The summed E-state index contributed by atoms with van der Waals surface area (Å²) in [5.41, 5.74) is 0.540. The highest BCUT2D eigenvalue weighted by Gasteiger charge is 2.19. The fourth-order valence-electron chi connectivity index (χ4n) is 1.99. The van der Waals surface area contributed by atoms with Crippen LogP contribution in [0.2, 0.25) is 0 Å². The van der Waals surface area contributed by atoms with Crippen molar-refractivity contribution in [1.29, 1.82) is 0 Å². The van der Waals surface area contributed by atoms with Crippen molar-refractivity contribution in [2.45, 2.75) is 18.9 Å². The van der Waals surface area contributed by atoms with Crippen LogP contribution in [0.1, 0.15) is 24.4 Å². The second-order valence-electron chi connectivity index (χ2n) is 4.02. The quantitative estimate of drug-likeness (QED) is 0.875. The zero-order valence-corrected chi connectivity index (χ0v) is 9.67. The van der Waals surface area contributed by atoms with Crippen LogP contribution in [0.25, 0.3) is 0 Å². The van der Waals surface area contributed by atoms with Gasteiger partial charge >= 0.3 is 0 Å². The van der Waals surface area contributed by atoms with Gasteiger partial charge in [0, 0.05) is 6.07 Å². The predicted octanol–water partition coefficient (Wildman–Crippen LogP) is 2.92. The maximum absolute atomic E-state index is 13.2. The molecule has 92 valence electrons. The van der Waals surface area contributed by atoms with E-state index in [9.17, 15) is 8.78 Å². The van der Waals surface area contributed by atoms with Crippen molar-refractivity contribution < 1.29 is 13.5 Å². The van der Waals surface area contributed by atoms with Gasteiger partial charge in [-0.05, 0) is 43.7 Å². The number of rotatable bonds is 3. The van der Waals surface area contributed by atoms with E-state index in [0.29, 0.717) is 12.2 Å². The number of halogens is 2. The maximum Gasteiger partial charge on any atom is 0.126 e. The Morgan fingerprint density at radius 3 is 2.47 bits per heavy atom. The molecule has 0 saturated carbocycles. The third-order valence-corrected chi connectivity index (χ3v) is 2.75. The van der Waals surface area contributed by atoms with E-state index in [-0.39, 0.29) is 6.04 Å². The number of hydrogen-bond acceptors (Lipinski definition) is 2. The maximum atomic E-state index is 13.2. The molecule has 1 aromatic carbocycles. The first-order valence-corrected chi connectivity index (χ1v) is 5.67. The largest absolute Gasteiger partial charge is 0.496 e. The summed E-state index contributed by atoms with van der Waals surface area (Å²) >= 11 is 0. The highest BCUT2D eigenvalue weighted by molar-refractivity contribution is 5.27. The smallest absolute Gasteiger partial charge is 0.126 e. The molecular weight excluding hydrogens is 224 g/mol. The van der Waals surface area contributed by atoms with E-state index in [1.165, 1.54) is 12.1 Å². The predicted molar refractivity (Wildman–Crippen MR) is 61.4 cm³/mol. The summed E-state index contributed by atoms with van der Waals surface area (Å²) in [6.07, 6.45) is 3.89. The zero-order chi connectivity index (χ0) is 12.3. The van der Waals surface area contributed by atoms with E-state index in [1.807, 2.05) is 6.08 Å². The van der Waals surface area contributed by atoms with Crippen LogP contribution in [-0.4, -0.2) is 13.7 Å². The summed E-state index contributed by atoms with van der Waals surface area (Å²) < 4.78 is 31.8. The van der Waals surface area contributed by atoms with Crippen LogP contribution in [-0.2, 0) is 4.74 Å². The van der Waals surface area contributed by atoms with Crippen molar-refractivity contribution in [3.8, 4) is 0 Å². The Morgan fingerprint density at radius 2 is 1.94 bits per heavy atom. The highest BCUT2D eigenvalue weighted by Crippen LogP contribution is 2.26. The van der Waals surface area contributed by atoms with Gasteiger partial charge in [0.25, 0.3) is 0 Å². The fraction of sp³-hybridized carbons (Fsp3) is 0.385. The molecule has 4 heteroatoms. The third kappa shape index (κ3) is 2.82. The van der Waals surface area contributed by atoms with E-state index in [2.05, 4.69) is 5.32 Å². The first-order chi connectivity index (χ1) is 8.20. The van der Waals surface area contributed by atoms with Gasteiger partial charge in [0.15, 0.2) is 0 Å². The lowest BCUT2D eigenvalue weighted by Crippen LogP contribution is -2.22. The lowest BCUT2D eigenvalue weighted by Gasteiger charge is -2.23. The molecule has 1 aliphatic rings. The minimum atomic E-state index is -0.573. The molecule has 1 heterocycles.